The number of anilines is 1. The number of benzene rings is 3. The summed E-state index contributed by atoms with van der Waals surface area (Å²) in [5.74, 6) is -1.16. The van der Waals surface area contributed by atoms with Crippen molar-refractivity contribution in [1.29, 1.82) is 5.26 Å². The number of Topliss-reactive ketones (excluding diaryl/α,β-unsaturated/α-hetero) is 1. The number of aliphatic hydroxyl groups excluding tert-OH is 1. The minimum absolute atomic E-state index is 0.0219. The fraction of sp³-hybridized carbons (Fsp3) is 0.500. The topological polar surface area (TPSA) is 201 Å². The second-order valence-electron chi connectivity index (χ2n) is 19.7. The molecule has 352 valence electrons. The standard InChI is InChI=1S/C50H63ClN8O7/c1-48(2,3)40(45(64)58-30-37(60)26-42(58)44(63)54-29-32-11-18-36(19-12-32)59-23-22-55-57-59)25-38(61)31-65-24-10-8-9-21-53-35-16-13-33(14-17-35)43(62)56-46-49(4,5)47(50(46,6)7)66-39-20-15-34(28-52)41(51)27-39/h11-20,22-23,27,37,40,42,46-47,53,60H,8-10,21,24-26,29-31H2,1-7H3,(H,54,63)(H,56,62)/t37-,40-,42+,46?,47?/m1/s1. The highest BCUT2D eigenvalue weighted by atomic mass is 35.5. The zero-order valence-electron chi connectivity index (χ0n) is 39.0. The number of nitriles is 1. The predicted molar refractivity (Wildman–Crippen MR) is 251 cm³/mol. The van der Waals surface area contributed by atoms with E-state index in [1.54, 1.807) is 47.4 Å². The van der Waals surface area contributed by atoms with Crippen molar-refractivity contribution in [2.45, 2.75) is 111 Å². The molecule has 0 bridgehead atoms. The Bertz CT molecular complexity index is 2340. The van der Waals surface area contributed by atoms with E-state index in [0.29, 0.717) is 28.5 Å². The Labute approximate surface area is 392 Å². The van der Waals surface area contributed by atoms with Gasteiger partial charge in [-0.05, 0) is 78.8 Å². The number of ether oxygens (including phenoxy) is 2. The number of hydrogen-bond acceptors (Lipinski definition) is 11. The van der Waals surface area contributed by atoms with E-state index in [1.807, 2.05) is 57.2 Å². The molecule has 0 unspecified atom stereocenters. The van der Waals surface area contributed by atoms with Crippen molar-refractivity contribution < 1.29 is 33.8 Å². The van der Waals surface area contributed by atoms with Crippen LogP contribution >= 0.6 is 11.6 Å². The van der Waals surface area contributed by atoms with Crippen LogP contribution in [0.5, 0.6) is 5.75 Å². The van der Waals surface area contributed by atoms with Crippen molar-refractivity contribution in [2.75, 3.05) is 31.6 Å². The van der Waals surface area contributed by atoms with E-state index in [4.69, 9.17) is 21.1 Å². The van der Waals surface area contributed by atoms with Crippen LogP contribution in [0.3, 0.4) is 0 Å². The molecule has 0 radical (unpaired) electrons. The number of amides is 3. The summed E-state index contributed by atoms with van der Waals surface area (Å²) in [5, 5.41) is 37.4. The zero-order chi connectivity index (χ0) is 47.8. The van der Waals surface area contributed by atoms with Gasteiger partial charge >= 0.3 is 0 Å². The second kappa shape index (κ2) is 21.2. The highest BCUT2D eigenvalue weighted by Gasteiger charge is 2.64. The van der Waals surface area contributed by atoms with Crippen LogP contribution in [-0.4, -0.2) is 99.1 Å². The van der Waals surface area contributed by atoms with Gasteiger partial charge in [-0.15, -0.1) is 5.10 Å². The Balaban J connectivity index is 0.875. The fourth-order valence-corrected chi connectivity index (χ4v) is 9.66. The van der Waals surface area contributed by atoms with Crippen LogP contribution in [-0.2, 0) is 25.7 Å². The van der Waals surface area contributed by atoms with Gasteiger partial charge in [-0.2, -0.15) is 5.26 Å². The van der Waals surface area contributed by atoms with E-state index in [1.165, 1.54) is 4.90 Å². The smallest absolute Gasteiger partial charge is 0.251 e. The van der Waals surface area contributed by atoms with E-state index in [9.17, 15) is 29.5 Å². The predicted octanol–water partition coefficient (Wildman–Crippen LogP) is 6.90. The minimum atomic E-state index is -0.850. The maximum absolute atomic E-state index is 14.0. The number of carbonyl (C=O) groups excluding carboxylic acids is 4. The molecule has 1 aromatic heterocycles. The van der Waals surface area contributed by atoms with Crippen molar-refractivity contribution in [3.63, 3.8) is 0 Å². The number of β-amino-alcohol motifs (C(OH)–C–C–N with tert-alkyl or cyclic N) is 1. The number of nitrogens with one attached hydrogen (secondary N) is 3. The largest absolute Gasteiger partial charge is 0.489 e. The average molecular weight is 924 g/mol. The molecule has 2 aliphatic rings. The number of carbonyl (C=O) groups is 4. The second-order valence-corrected chi connectivity index (χ2v) is 20.1. The van der Waals surface area contributed by atoms with Crippen molar-refractivity contribution in [1.82, 2.24) is 30.5 Å². The molecule has 3 amide bonds. The summed E-state index contributed by atoms with van der Waals surface area (Å²) in [6.45, 7) is 15.2. The summed E-state index contributed by atoms with van der Waals surface area (Å²) in [5.41, 5.74) is 2.20. The molecule has 6 rings (SSSR count). The van der Waals surface area contributed by atoms with Crippen molar-refractivity contribution in [3.05, 3.63) is 101 Å². The maximum Gasteiger partial charge on any atom is 0.251 e. The van der Waals surface area contributed by atoms with Crippen LogP contribution in [0.25, 0.3) is 5.69 Å². The van der Waals surface area contributed by atoms with Gasteiger partial charge in [0.05, 0.1) is 34.8 Å². The molecule has 2 heterocycles. The van der Waals surface area contributed by atoms with Crippen LogP contribution in [0, 0.1) is 33.5 Å². The van der Waals surface area contributed by atoms with Crippen LogP contribution in [0.4, 0.5) is 5.69 Å². The summed E-state index contributed by atoms with van der Waals surface area (Å²) in [6, 6.07) is 21.0. The third-order valence-electron chi connectivity index (χ3n) is 12.9. The van der Waals surface area contributed by atoms with Crippen LogP contribution in [0.2, 0.25) is 5.02 Å². The maximum atomic E-state index is 14.0. The van der Waals surface area contributed by atoms with E-state index in [0.717, 1.165) is 42.7 Å². The monoisotopic (exact) mass is 922 g/mol. The molecular weight excluding hydrogens is 860 g/mol. The summed E-state index contributed by atoms with van der Waals surface area (Å²) in [6.07, 6.45) is 4.86. The van der Waals surface area contributed by atoms with Crippen molar-refractivity contribution in [3.8, 4) is 17.5 Å². The number of hydrogen-bond donors (Lipinski definition) is 4. The van der Waals surface area contributed by atoms with Crippen molar-refractivity contribution in [2.24, 2.45) is 22.2 Å². The first-order valence-electron chi connectivity index (χ1n) is 22.6. The molecule has 2 fully saturated rings. The normalized spacial score (nSPS) is 20.1. The number of rotatable bonds is 20. The number of aromatic nitrogens is 3. The molecule has 16 heteroatoms. The Kier molecular flexibility index (Phi) is 15.9. The Morgan fingerprint density at radius 2 is 1.70 bits per heavy atom. The summed E-state index contributed by atoms with van der Waals surface area (Å²) in [4.78, 5) is 55.3. The van der Waals surface area contributed by atoms with E-state index in [-0.39, 0.29) is 79.0 Å². The van der Waals surface area contributed by atoms with Gasteiger partial charge in [-0.25, -0.2) is 4.68 Å². The molecule has 66 heavy (non-hydrogen) atoms. The first-order chi connectivity index (χ1) is 31.3. The molecule has 4 N–H and O–H groups in total. The summed E-state index contributed by atoms with van der Waals surface area (Å²) in [7, 11) is 0. The lowest BCUT2D eigenvalue weighted by atomic mass is 9.49. The molecular formula is C50H63ClN8O7. The van der Waals surface area contributed by atoms with Gasteiger partial charge in [0.1, 0.15) is 30.6 Å². The number of aliphatic hydroxyl groups is 1. The quantitative estimate of drug-likeness (QED) is 0.0672. The Morgan fingerprint density at radius 3 is 2.33 bits per heavy atom. The van der Waals surface area contributed by atoms with Crippen LogP contribution in [0.1, 0.15) is 102 Å². The van der Waals surface area contributed by atoms with Gasteiger partial charge in [0.25, 0.3) is 5.91 Å². The number of likely N-dealkylation sites (tertiary alicyclic amines) is 1. The molecule has 1 saturated heterocycles. The van der Waals surface area contributed by atoms with E-state index < -0.39 is 23.5 Å². The first-order valence-corrected chi connectivity index (χ1v) is 23.0. The van der Waals surface area contributed by atoms with E-state index >= 15 is 0 Å². The van der Waals surface area contributed by atoms with Gasteiger partial charge in [0, 0.05) is 79.2 Å². The third-order valence-corrected chi connectivity index (χ3v) is 13.2. The molecule has 1 saturated carbocycles. The first kappa shape index (κ1) is 49.6. The van der Waals surface area contributed by atoms with Crippen LogP contribution < -0.4 is 20.7 Å². The molecule has 15 nitrogen and oxygen atoms in total. The van der Waals surface area contributed by atoms with E-state index in [2.05, 4.69) is 60.0 Å². The molecule has 0 spiro atoms. The van der Waals surface area contributed by atoms with Crippen molar-refractivity contribution >= 4 is 40.8 Å². The molecule has 1 aliphatic heterocycles. The van der Waals surface area contributed by atoms with Gasteiger partial charge in [-0.3, -0.25) is 19.2 Å². The Hall–Kier alpha value is -5.82. The fourth-order valence-electron chi connectivity index (χ4n) is 9.45. The molecule has 3 aromatic carbocycles. The van der Waals surface area contributed by atoms with Gasteiger partial charge in [0.15, 0.2) is 5.78 Å². The average Bonchev–Trinajstić information content (AvgIpc) is 3.97. The lowest BCUT2D eigenvalue weighted by Crippen LogP contribution is -2.74. The zero-order valence-corrected chi connectivity index (χ0v) is 39.7. The van der Waals surface area contributed by atoms with Gasteiger partial charge < -0.3 is 35.4 Å². The number of nitrogens with zero attached hydrogens (tertiary/aromatic N) is 5. The highest BCUT2D eigenvalue weighted by Crippen LogP contribution is 2.55. The minimum Gasteiger partial charge on any atom is -0.489 e. The summed E-state index contributed by atoms with van der Waals surface area (Å²) < 4.78 is 13.7. The number of halogens is 1. The SMILES string of the molecule is CC1(C)C(NC(=O)c2ccc(NCCCCCOCC(=O)C[C@H](C(=O)N3C[C@H](O)C[C@H]3C(=O)NCc3ccc(-n4ccnn4)cc3)C(C)(C)C)cc2)C(C)(C)C1Oc1ccc(C#N)c(Cl)c1. The highest BCUT2D eigenvalue weighted by molar-refractivity contribution is 6.31. The molecule has 3 atom stereocenters. The molecule has 1 aliphatic carbocycles. The summed E-state index contributed by atoms with van der Waals surface area (Å²) >= 11 is 6.24. The van der Waals surface area contributed by atoms with Gasteiger partial charge in [0.2, 0.25) is 11.8 Å². The van der Waals surface area contributed by atoms with Crippen LogP contribution in [0.15, 0.2) is 79.1 Å². The lowest BCUT2D eigenvalue weighted by molar-refractivity contribution is -0.164. The lowest BCUT2D eigenvalue weighted by Gasteiger charge is -2.63. The Morgan fingerprint density at radius 1 is 0.985 bits per heavy atom. The third kappa shape index (κ3) is 11.9. The van der Waals surface area contributed by atoms with Gasteiger partial charge in [-0.1, -0.05) is 77.4 Å². The number of unbranched alkanes of at least 4 members (excludes halogenated alkanes) is 2. The molecule has 4 aromatic rings. The number of ketones is 1.